The van der Waals surface area contributed by atoms with Crippen LogP contribution in [0.2, 0.25) is 0 Å². The summed E-state index contributed by atoms with van der Waals surface area (Å²) >= 11 is 0. The molecule has 1 fully saturated rings. The zero-order valence-corrected chi connectivity index (χ0v) is 13.4. The van der Waals surface area contributed by atoms with Crippen molar-refractivity contribution >= 4 is 11.6 Å². The predicted octanol–water partition coefficient (Wildman–Crippen LogP) is 3.73. The molecule has 0 unspecified atom stereocenters. The molecule has 0 saturated heterocycles. The van der Waals surface area contributed by atoms with Gasteiger partial charge < -0.3 is 10.2 Å². The molecule has 0 atom stereocenters. The van der Waals surface area contributed by atoms with Crippen molar-refractivity contribution in [1.29, 1.82) is 0 Å². The standard InChI is InChI=1S/C18H28N2O/c1-3-20(4-2)17-12-10-15(11-13-17)14-19-18(21)16-8-6-5-7-9-16/h10-13,16H,3-9,14H2,1-2H3,(H,19,21). The maximum atomic E-state index is 12.1. The van der Waals surface area contributed by atoms with Crippen molar-refractivity contribution in [2.75, 3.05) is 18.0 Å². The lowest BCUT2D eigenvalue weighted by Crippen LogP contribution is -2.31. The van der Waals surface area contributed by atoms with E-state index in [1.807, 2.05) is 0 Å². The summed E-state index contributed by atoms with van der Waals surface area (Å²) in [7, 11) is 0. The van der Waals surface area contributed by atoms with E-state index < -0.39 is 0 Å². The second kappa shape index (κ2) is 8.06. The number of anilines is 1. The van der Waals surface area contributed by atoms with Crippen molar-refractivity contribution in [1.82, 2.24) is 5.32 Å². The lowest BCUT2D eigenvalue weighted by molar-refractivity contribution is -0.126. The summed E-state index contributed by atoms with van der Waals surface area (Å²) in [4.78, 5) is 14.4. The van der Waals surface area contributed by atoms with E-state index in [9.17, 15) is 4.79 Å². The first-order valence-corrected chi connectivity index (χ1v) is 8.36. The molecule has 1 aliphatic carbocycles. The summed E-state index contributed by atoms with van der Waals surface area (Å²) < 4.78 is 0. The van der Waals surface area contributed by atoms with Gasteiger partial charge in [-0.1, -0.05) is 31.4 Å². The lowest BCUT2D eigenvalue weighted by atomic mass is 9.88. The molecule has 0 aromatic heterocycles. The molecule has 1 aliphatic rings. The third-order valence-electron chi connectivity index (χ3n) is 4.51. The average molecular weight is 288 g/mol. The minimum absolute atomic E-state index is 0.238. The fourth-order valence-electron chi connectivity index (χ4n) is 3.11. The highest BCUT2D eigenvalue weighted by Gasteiger charge is 2.20. The topological polar surface area (TPSA) is 32.3 Å². The quantitative estimate of drug-likeness (QED) is 0.865. The minimum atomic E-state index is 0.238. The van der Waals surface area contributed by atoms with Crippen molar-refractivity contribution < 1.29 is 4.79 Å². The number of nitrogens with zero attached hydrogens (tertiary/aromatic N) is 1. The van der Waals surface area contributed by atoms with Gasteiger partial charge in [0.1, 0.15) is 0 Å². The SMILES string of the molecule is CCN(CC)c1ccc(CNC(=O)C2CCCCC2)cc1. The highest BCUT2D eigenvalue weighted by molar-refractivity contribution is 5.78. The normalized spacial score (nSPS) is 15.7. The van der Waals surface area contributed by atoms with Crippen LogP contribution in [0.5, 0.6) is 0 Å². The maximum absolute atomic E-state index is 12.1. The second-order valence-corrected chi connectivity index (χ2v) is 5.89. The van der Waals surface area contributed by atoms with Gasteiger partial charge in [-0.25, -0.2) is 0 Å². The molecule has 1 aromatic rings. The monoisotopic (exact) mass is 288 g/mol. The van der Waals surface area contributed by atoms with E-state index in [0.717, 1.165) is 25.9 Å². The van der Waals surface area contributed by atoms with Crippen molar-refractivity contribution in [2.45, 2.75) is 52.5 Å². The van der Waals surface area contributed by atoms with Crippen LogP contribution >= 0.6 is 0 Å². The third-order valence-corrected chi connectivity index (χ3v) is 4.51. The van der Waals surface area contributed by atoms with Crippen LogP contribution in [0.3, 0.4) is 0 Å². The van der Waals surface area contributed by atoms with E-state index in [0.29, 0.717) is 6.54 Å². The Balaban J connectivity index is 1.84. The number of rotatable bonds is 6. The molecule has 21 heavy (non-hydrogen) atoms. The number of hydrogen-bond acceptors (Lipinski definition) is 2. The Hall–Kier alpha value is -1.51. The van der Waals surface area contributed by atoms with Crippen molar-refractivity contribution in [2.24, 2.45) is 5.92 Å². The lowest BCUT2D eigenvalue weighted by Gasteiger charge is -2.22. The highest BCUT2D eigenvalue weighted by Crippen LogP contribution is 2.23. The van der Waals surface area contributed by atoms with Gasteiger partial charge in [0.2, 0.25) is 5.91 Å². The Labute approximate surface area is 128 Å². The van der Waals surface area contributed by atoms with Gasteiger partial charge in [0, 0.05) is 31.2 Å². The van der Waals surface area contributed by atoms with E-state index in [4.69, 9.17) is 0 Å². The van der Waals surface area contributed by atoms with E-state index in [1.54, 1.807) is 0 Å². The fraction of sp³-hybridized carbons (Fsp3) is 0.611. The third kappa shape index (κ3) is 4.48. The molecule has 3 nitrogen and oxygen atoms in total. The molecule has 0 spiro atoms. The van der Waals surface area contributed by atoms with Gasteiger partial charge >= 0.3 is 0 Å². The van der Waals surface area contributed by atoms with Crippen LogP contribution in [0.15, 0.2) is 24.3 Å². The molecule has 0 aliphatic heterocycles. The molecular weight excluding hydrogens is 260 g/mol. The summed E-state index contributed by atoms with van der Waals surface area (Å²) in [6, 6.07) is 8.54. The van der Waals surface area contributed by atoms with E-state index in [2.05, 4.69) is 48.3 Å². The number of hydrogen-bond donors (Lipinski definition) is 1. The van der Waals surface area contributed by atoms with Gasteiger partial charge in [-0.05, 0) is 44.4 Å². The van der Waals surface area contributed by atoms with Crippen molar-refractivity contribution in [3.05, 3.63) is 29.8 Å². The summed E-state index contributed by atoms with van der Waals surface area (Å²) in [6.45, 7) is 7.03. The number of nitrogens with one attached hydrogen (secondary N) is 1. The predicted molar refractivity (Wildman–Crippen MR) is 88.4 cm³/mol. The van der Waals surface area contributed by atoms with E-state index >= 15 is 0 Å². The summed E-state index contributed by atoms with van der Waals surface area (Å²) in [5, 5.41) is 3.09. The number of amides is 1. The van der Waals surface area contributed by atoms with Crippen LogP contribution in [0.25, 0.3) is 0 Å². The Morgan fingerprint density at radius 2 is 1.71 bits per heavy atom. The molecule has 1 saturated carbocycles. The molecule has 0 radical (unpaired) electrons. The Bertz CT molecular complexity index is 431. The summed E-state index contributed by atoms with van der Waals surface area (Å²) in [5.41, 5.74) is 2.43. The molecule has 1 N–H and O–H groups in total. The van der Waals surface area contributed by atoms with Gasteiger partial charge in [-0.3, -0.25) is 4.79 Å². The van der Waals surface area contributed by atoms with Gasteiger partial charge in [-0.15, -0.1) is 0 Å². The van der Waals surface area contributed by atoms with Crippen LogP contribution in [-0.2, 0) is 11.3 Å². The van der Waals surface area contributed by atoms with E-state index in [1.165, 1.54) is 30.5 Å². The molecule has 2 rings (SSSR count). The first-order chi connectivity index (χ1) is 10.2. The smallest absolute Gasteiger partial charge is 0.223 e. The minimum Gasteiger partial charge on any atom is -0.372 e. The fourth-order valence-corrected chi connectivity index (χ4v) is 3.11. The second-order valence-electron chi connectivity index (χ2n) is 5.89. The summed E-state index contributed by atoms with van der Waals surface area (Å²) in [6.07, 6.45) is 5.82. The molecule has 0 bridgehead atoms. The Morgan fingerprint density at radius 3 is 2.29 bits per heavy atom. The van der Waals surface area contributed by atoms with Crippen LogP contribution in [0.1, 0.15) is 51.5 Å². The molecular formula is C18H28N2O. The van der Waals surface area contributed by atoms with Crippen LogP contribution in [0.4, 0.5) is 5.69 Å². The largest absolute Gasteiger partial charge is 0.372 e. The van der Waals surface area contributed by atoms with Gasteiger partial charge in [0.15, 0.2) is 0 Å². The molecule has 116 valence electrons. The van der Waals surface area contributed by atoms with Crippen LogP contribution in [0, 0.1) is 5.92 Å². The zero-order chi connectivity index (χ0) is 15.1. The van der Waals surface area contributed by atoms with E-state index in [-0.39, 0.29) is 11.8 Å². The first-order valence-electron chi connectivity index (χ1n) is 8.36. The Morgan fingerprint density at radius 1 is 1.10 bits per heavy atom. The average Bonchev–Trinajstić information content (AvgIpc) is 2.55. The zero-order valence-electron chi connectivity index (χ0n) is 13.4. The Kier molecular flexibility index (Phi) is 6.09. The van der Waals surface area contributed by atoms with Crippen molar-refractivity contribution in [3.8, 4) is 0 Å². The van der Waals surface area contributed by atoms with Gasteiger partial charge in [0.05, 0.1) is 0 Å². The highest BCUT2D eigenvalue weighted by atomic mass is 16.1. The van der Waals surface area contributed by atoms with Crippen LogP contribution < -0.4 is 10.2 Å². The van der Waals surface area contributed by atoms with Gasteiger partial charge in [-0.2, -0.15) is 0 Å². The first kappa shape index (κ1) is 15.9. The van der Waals surface area contributed by atoms with Gasteiger partial charge in [0.25, 0.3) is 0 Å². The molecule has 1 amide bonds. The molecule has 0 heterocycles. The maximum Gasteiger partial charge on any atom is 0.223 e. The van der Waals surface area contributed by atoms with Crippen LogP contribution in [-0.4, -0.2) is 19.0 Å². The molecule has 1 aromatic carbocycles. The number of benzene rings is 1. The number of carbonyl (C=O) groups is 1. The van der Waals surface area contributed by atoms with Crippen molar-refractivity contribution in [3.63, 3.8) is 0 Å². The summed E-state index contributed by atoms with van der Waals surface area (Å²) in [5.74, 6) is 0.483. The number of carbonyl (C=O) groups excluding carboxylic acids is 1. The molecule has 3 heteroatoms.